The van der Waals surface area contributed by atoms with Crippen LogP contribution >= 0.6 is 11.3 Å². The number of rotatable bonds is 4. The van der Waals surface area contributed by atoms with Gasteiger partial charge >= 0.3 is 6.36 Å². The van der Waals surface area contributed by atoms with Gasteiger partial charge in [-0.05, 0) is 49.5 Å². The molecule has 124 valence electrons. The maximum atomic E-state index is 12.1. The minimum Gasteiger partial charge on any atom is -0.406 e. The van der Waals surface area contributed by atoms with Gasteiger partial charge in [-0.1, -0.05) is 12.1 Å². The van der Waals surface area contributed by atoms with Gasteiger partial charge in [-0.3, -0.25) is 0 Å². The summed E-state index contributed by atoms with van der Waals surface area (Å²) in [5.74, 6) is 0.376. The first-order chi connectivity index (χ1) is 11.0. The summed E-state index contributed by atoms with van der Waals surface area (Å²) in [4.78, 5) is 5.76. The first-order valence-corrected chi connectivity index (χ1v) is 8.31. The van der Waals surface area contributed by atoms with Crippen molar-refractivity contribution in [2.75, 3.05) is 13.1 Å². The van der Waals surface area contributed by atoms with E-state index in [1.54, 1.807) is 23.5 Å². The molecule has 0 unspecified atom stereocenters. The van der Waals surface area contributed by atoms with Crippen LogP contribution in [0.4, 0.5) is 13.2 Å². The molecule has 1 aromatic carbocycles. The van der Waals surface area contributed by atoms with E-state index in [2.05, 4.69) is 15.0 Å². The van der Waals surface area contributed by atoms with Gasteiger partial charge < -0.3 is 10.1 Å². The summed E-state index contributed by atoms with van der Waals surface area (Å²) in [5, 5.41) is 4.33. The molecule has 1 aliphatic heterocycles. The predicted molar refractivity (Wildman–Crippen MR) is 82.9 cm³/mol. The zero-order valence-electron chi connectivity index (χ0n) is 12.4. The van der Waals surface area contributed by atoms with E-state index in [4.69, 9.17) is 0 Å². The Bertz CT molecular complexity index is 634. The fourth-order valence-electron chi connectivity index (χ4n) is 2.68. The van der Waals surface area contributed by atoms with Crippen LogP contribution in [0.15, 0.2) is 30.5 Å². The van der Waals surface area contributed by atoms with Crippen LogP contribution in [0, 0.1) is 0 Å². The molecule has 0 spiro atoms. The molecule has 2 aromatic rings. The quantitative estimate of drug-likeness (QED) is 0.908. The number of halogens is 3. The Morgan fingerprint density at radius 2 is 1.87 bits per heavy atom. The number of thiazole rings is 1. The van der Waals surface area contributed by atoms with Gasteiger partial charge in [0, 0.05) is 17.5 Å². The van der Waals surface area contributed by atoms with E-state index in [1.807, 2.05) is 6.20 Å². The third-order valence-corrected chi connectivity index (χ3v) is 4.99. The molecule has 2 heterocycles. The lowest BCUT2D eigenvalue weighted by Gasteiger charge is -2.20. The van der Waals surface area contributed by atoms with Crippen molar-refractivity contribution in [2.45, 2.75) is 31.5 Å². The van der Waals surface area contributed by atoms with Crippen molar-refractivity contribution < 1.29 is 17.9 Å². The van der Waals surface area contributed by atoms with Crippen LogP contribution in [-0.2, 0) is 6.42 Å². The molecule has 0 bridgehead atoms. The van der Waals surface area contributed by atoms with Crippen LogP contribution in [0.2, 0.25) is 0 Å². The van der Waals surface area contributed by atoms with E-state index in [1.165, 1.54) is 17.0 Å². The van der Waals surface area contributed by atoms with E-state index >= 15 is 0 Å². The number of benzene rings is 1. The third-order valence-electron chi connectivity index (χ3n) is 3.83. The number of hydrogen-bond acceptors (Lipinski definition) is 4. The number of hydrogen-bond donors (Lipinski definition) is 1. The predicted octanol–water partition coefficient (Wildman–Crippen LogP) is 4.10. The smallest absolute Gasteiger partial charge is 0.406 e. The fourth-order valence-corrected chi connectivity index (χ4v) is 3.81. The van der Waals surface area contributed by atoms with Gasteiger partial charge in [-0.2, -0.15) is 0 Å². The number of ether oxygens (including phenoxy) is 1. The van der Waals surface area contributed by atoms with Crippen molar-refractivity contribution in [3.05, 3.63) is 45.9 Å². The SMILES string of the molecule is FC(F)(F)Oc1ccc(Cc2ncc(C3CCNCC3)s2)cc1. The molecule has 0 aliphatic carbocycles. The van der Waals surface area contributed by atoms with E-state index in [0.717, 1.165) is 36.5 Å². The van der Waals surface area contributed by atoms with Crippen molar-refractivity contribution in [3.63, 3.8) is 0 Å². The van der Waals surface area contributed by atoms with Gasteiger partial charge in [0.1, 0.15) is 5.75 Å². The highest BCUT2D eigenvalue weighted by Crippen LogP contribution is 2.31. The fraction of sp³-hybridized carbons (Fsp3) is 0.438. The Morgan fingerprint density at radius 1 is 1.17 bits per heavy atom. The highest BCUT2D eigenvalue weighted by Gasteiger charge is 2.30. The van der Waals surface area contributed by atoms with E-state index in [0.29, 0.717) is 12.3 Å². The Labute approximate surface area is 136 Å². The molecule has 0 saturated carbocycles. The number of nitrogens with zero attached hydrogens (tertiary/aromatic N) is 1. The Balaban J connectivity index is 1.62. The maximum Gasteiger partial charge on any atom is 0.573 e. The maximum absolute atomic E-state index is 12.1. The summed E-state index contributed by atoms with van der Waals surface area (Å²) in [7, 11) is 0. The summed E-state index contributed by atoms with van der Waals surface area (Å²) in [6, 6.07) is 5.97. The standard InChI is InChI=1S/C16H17F3N2OS/c17-16(18,19)22-13-3-1-11(2-4-13)9-15-21-10-14(23-15)12-5-7-20-8-6-12/h1-4,10,12,20H,5-9H2. The average Bonchev–Trinajstić information content (AvgIpc) is 2.97. The highest BCUT2D eigenvalue weighted by atomic mass is 32.1. The zero-order valence-corrected chi connectivity index (χ0v) is 13.2. The molecule has 1 fully saturated rings. The Kier molecular flexibility index (Phi) is 4.87. The molecular formula is C16H17F3N2OS. The normalized spacial score (nSPS) is 16.5. The van der Waals surface area contributed by atoms with Crippen molar-refractivity contribution in [1.82, 2.24) is 10.3 Å². The van der Waals surface area contributed by atoms with E-state index < -0.39 is 6.36 Å². The second kappa shape index (κ2) is 6.88. The van der Waals surface area contributed by atoms with Gasteiger partial charge in [-0.25, -0.2) is 4.98 Å². The van der Waals surface area contributed by atoms with Gasteiger partial charge in [0.25, 0.3) is 0 Å². The van der Waals surface area contributed by atoms with Gasteiger partial charge in [0.2, 0.25) is 0 Å². The first-order valence-electron chi connectivity index (χ1n) is 7.49. The molecule has 0 radical (unpaired) electrons. The first kappa shape index (κ1) is 16.3. The summed E-state index contributed by atoms with van der Waals surface area (Å²) >= 11 is 1.70. The number of nitrogens with one attached hydrogen (secondary N) is 1. The largest absolute Gasteiger partial charge is 0.573 e. The summed E-state index contributed by atoms with van der Waals surface area (Å²) < 4.78 is 40.3. The van der Waals surface area contributed by atoms with Crippen LogP contribution in [-0.4, -0.2) is 24.4 Å². The van der Waals surface area contributed by atoms with Gasteiger partial charge in [0.15, 0.2) is 0 Å². The number of piperidine rings is 1. The molecule has 1 N–H and O–H groups in total. The van der Waals surface area contributed by atoms with Crippen LogP contribution in [0.5, 0.6) is 5.75 Å². The third kappa shape index (κ3) is 4.68. The van der Waals surface area contributed by atoms with Crippen molar-refractivity contribution in [3.8, 4) is 5.75 Å². The molecular weight excluding hydrogens is 325 g/mol. The molecule has 3 rings (SSSR count). The average molecular weight is 342 g/mol. The lowest BCUT2D eigenvalue weighted by molar-refractivity contribution is -0.274. The molecule has 3 nitrogen and oxygen atoms in total. The van der Waals surface area contributed by atoms with E-state index in [-0.39, 0.29) is 5.75 Å². The molecule has 0 atom stereocenters. The molecule has 0 amide bonds. The monoisotopic (exact) mass is 342 g/mol. The molecule has 1 aliphatic rings. The number of aromatic nitrogens is 1. The lowest BCUT2D eigenvalue weighted by Crippen LogP contribution is -2.26. The minimum absolute atomic E-state index is 0.198. The number of alkyl halides is 3. The van der Waals surface area contributed by atoms with Crippen LogP contribution in [0.3, 0.4) is 0 Å². The van der Waals surface area contributed by atoms with Crippen molar-refractivity contribution in [1.29, 1.82) is 0 Å². The Hall–Kier alpha value is -1.60. The molecule has 7 heteroatoms. The summed E-state index contributed by atoms with van der Waals surface area (Å²) in [6.07, 6.45) is 0.176. The van der Waals surface area contributed by atoms with Crippen molar-refractivity contribution >= 4 is 11.3 Å². The molecule has 1 aromatic heterocycles. The lowest BCUT2D eigenvalue weighted by atomic mass is 9.97. The Morgan fingerprint density at radius 3 is 2.52 bits per heavy atom. The second-order valence-corrected chi connectivity index (χ2v) is 6.70. The van der Waals surface area contributed by atoms with Crippen LogP contribution in [0.25, 0.3) is 0 Å². The van der Waals surface area contributed by atoms with Gasteiger partial charge in [-0.15, -0.1) is 24.5 Å². The van der Waals surface area contributed by atoms with Crippen LogP contribution < -0.4 is 10.1 Å². The second-order valence-electron chi connectivity index (χ2n) is 5.55. The highest BCUT2D eigenvalue weighted by molar-refractivity contribution is 7.11. The van der Waals surface area contributed by atoms with Crippen LogP contribution in [0.1, 0.15) is 34.2 Å². The minimum atomic E-state index is -4.65. The van der Waals surface area contributed by atoms with Crippen molar-refractivity contribution in [2.24, 2.45) is 0 Å². The topological polar surface area (TPSA) is 34.1 Å². The van der Waals surface area contributed by atoms with Gasteiger partial charge in [0.05, 0.1) is 5.01 Å². The molecule has 1 saturated heterocycles. The summed E-state index contributed by atoms with van der Waals surface area (Å²) in [6.45, 7) is 2.08. The molecule has 23 heavy (non-hydrogen) atoms. The summed E-state index contributed by atoms with van der Waals surface area (Å²) in [5.41, 5.74) is 0.922. The van der Waals surface area contributed by atoms with E-state index in [9.17, 15) is 13.2 Å². The zero-order chi connectivity index (χ0) is 16.3.